The minimum Gasteiger partial charge on any atom is -0.483 e. The lowest BCUT2D eigenvalue weighted by Gasteiger charge is -2.44. The predicted molar refractivity (Wildman–Crippen MR) is 287 cm³/mol. The van der Waals surface area contributed by atoms with Gasteiger partial charge in [0.1, 0.15) is 35.9 Å². The Bertz CT molecular complexity index is 2350. The van der Waals surface area contributed by atoms with Crippen molar-refractivity contribution in [2.24, 2.45) is 0 Å². The number of para-hydroxylation sites is 2. The molecule has 0 spiro atoms. The second kappa shape index (κ2) is 22.8. The van der Waals surface area contributed by atoms with Crippen LogP contribution < -0.4 is 30.2 Å². The summed E-state index contributed by atoms with van der Waals surface area (Å²) in [7, 11) is -5.82. The molecule has 0 fully saturated rings. The molecule has 0 N–H and O–H groups in total. The third-order valence-corrected chi connectivity index (χ3v) is 23.3. The van der Waals surface area contributed by atoms with Crippen molar-refractivity contribution in [2.45, 2.75) is 102 Å². The number of benzene rings is 6. The summed E-state index contributed by atoms with van der Waals surface area (Å²) < 4.78 is 54.6. The molecule has 8 nitrogen and oxygen atoms in total. The van der Waals surface area contributed by atoms with Crippen LogP contribution in [0.1, 0.15) is 55.4 Å². The van der Waals surface area contributed by atoms with Gasteiger partial charge >= 0.3 is 0 Å². The zero-order valence-corrected chi connectivity index (χ0v) is 44.0. The van der Waals surface area contributed by atoms with Gasteiger partial charge in [0.15, 0.2) is 12.6 Å². The van der Waals surface area contributed by atoms with Crippen LogP contribution in [-0.4, -0.2) is 80.1 Å². The molecular formula is C60H70O8Si2. The molecule has 0 aliphatic carbocycles. The molecule has 0 saturated carbocycles. The summed E-state index contributed by atoms with van der Waals surface area (Å²) in [5.41, 5.74) is 1.75. The lowest BCUT2D eigenvalue weighted by atomic mass is 10.0. The predicted octanol–water partition coefficient (Wildman–Crippen LogP) is 10.6. The molecule has 6 atom stereocenters. The molecule has 0 bridgehead atoms. The Morgan fingerprint density at radius 1 is 0.400 bits per heavy atom. The fourth-order valence-electron chi connectivity index (χ4n) is 10.1. The van der Waals surface area contributed by atoms with E-state index in [2.05, 4.69) is 187 Å². The maximum Gasteiger partial charge on any atom is 0.261 e. The standard InChI is InChI=1S/C60H70O8Si2/c1-9-61-57-41-39-53(55(67-57)43-63-69(59(3,4)5,45-27-15-11-16-28-45)46-29-17-12-18-30-46)65-51-37-25-23-35-49(51)50-36-24-26-38-52(50)66-54-40-42-58(62-10-2)68-56(54)44-64-70(60(6,7)8,47-31-19-13-20-32-47)48-33-21-14-22-34-48/h11-42,53-58H,9-10,43-44H2,1-8H3/t53-,54-,55+,56+,57-,58-/m0/s1. The summed E-state index contributed by atoms with van der Waals surface area (Å²) >= 11 is 0. The van der Waals surface area contributed by atoms with E-state index >= 15 is 0 Å². The molecule has 2 heterocycles. The van der Waals surface area contributed by atoms with Gasteiger partial charge in [0.25, 0.3) is 16.6 Å². The number of ether oxygens (including phenoxy) is 6. The van der Waals surface area contributed by atoms with Crippen molar-refractivity contribution in [1.82, 2.24) is 0 Å². The molecule has 0 aromatic heterocycles. The van der Waals surface area contributed by atoms with Gasteiger partial charge in [0.05, 0.1) is 13.2 Å². The van der Waals surface area contributed by atoms with Crippen molar-refractivity contribution in [2.75, 3.05) is 26.4 Å². The second-order valence-electron chi connectivity index (χ2n) is 19.9. The van der Waals surface area contributed by atoms with Crippen LogP contribution in [0.15, 0.2) is 194 Å². The van der Waals surface area contributed by atoms with E-state index in [9.17, 15) is 0 Å². The highest BCUT2D eigenvalue weighted by Crippen LogP contribution is 2.41. The van der Waals surface area contributed by atoms with Crippen LogP contribution in [0.3, 0.4) is 0 Å². The average molecular weight is 975 g/mol. The molecule has 0 amide bonds. The van der Waals surface area contributed by atoms with Crippen LogP contribution >= 0.6 is 0 Å². The Hall–Kier alpha value is -5.41. The molecule has 2 aliphatic rings. The lowest BCUT2D eigenvalue weighted by molar-refractivity contribution is -0.173. The molecule has 10 heteroatoms. The number of hydrogen-bond acceptors (Lipinski definition) is 8. The van der Waals surface area contributed by atoms with Crippen LogP contribution in [0, 0.1) is 0 Å². The van der Waals surface area contributed by atoms with Crippen LogP contribution in [-0.2, 0) is 27.8 Å². The Labute approximate surface area is 418 Å². The molecule has 0 unspecified atom stereocenters. The van der Waals surface area contributed by atoms with Crippen LogP contribution in [0.2, 0.25) is 10.1 Å². The quantitative estimate of drug-likeness (QED) is 0.0587. The van der Waals surface area contributed by atoms with Crippen molar-refractivity contribution in [3.63, 3.8) is 0 Å². The van der Waals surface area contributed by atoms with E-state index in [1.54, 1.807) is 0 Å². The molecule has 366 valence electrons. The first-order valence-corrected chi connectivity index (χ1v) is 28.6. The summed E-state index contributed by atoms with van der Waals surface area (Å²) in [4.78, 5) is 0. The third-order valence-electron chi connectivity index (χ3n) is 13.3. The normalized spacial score (nSPS) is 20.8. The molecular weight excluding hydrogens is 905 g/mol. The van der Waals surface area contributed by atoms with Crippen LogP contribution in [0.25, 0.3) is 11.1 Å². The van der Waals surface area contributed by atoms with Crippen molar-refractivity contribution in [3.05, 3.63) is 194 Å². The Morgan fingerprint density at radius 3 is 1.00 bits per heavy atom. The lowest BCUT2D eigenvalue weighted by Crippen LogP contribution is -2.67. The summed E-state index contributed by atoms with van der Waals surface area (Å²) in [6.45, 7) is 19.2. The van der Waals surface area contributed by atoms with Gasteiger partial charge in [0, 0.05) is 24.3 Å². The van der Waals surface area contributed by atoms with Gasteiger partial charge < -0.3 is 37.3 Å². The molecule has 8 rings (SSSR count). The fourth-order valence-corrected chi connectivity index (χ4v) is 19.2. The highest BCUT2D eigenvalue weighted by atomic mass is 28.4. The summed E-state index contributed by atoms with van der Waals surface area (Å²) in [6.07, 6.45) is 4.90. The van der Waals surface area contributed by atoms with Crippen LogP contribution in [0.5, 0.6) is 11.5 Å². The fraction of sp³-hybridized carbons (Fsp3) is 0.333. The van der Waals surface area contributed by atoms with Crippen molar-refractivity contribution < 1.29 is 37.3 Å². The minimum absolute atomic E-state index is 0.221. The maximum absolute atomic E-state index is 7.45. The van der Waals surface area contributed by atoms with E-state index in [1.807, 2.05) is 62.4 Å². The van der Waals surface area contributed by atoms with E-state index < -0.39 is 53.6 Å². The topological polar surface area (TPSA) is 73.8 Å². The highest BCUT2D eigenvalue weighted by molar-refractivity contribution is 7.00. The number of hydrogen-bond donors (Lipinski definition) is 0. The van der Waals surface area contributed by atoms with E-state index in [1.165, 1.54) is 20.7 Å². The Morgan fingerprint density at radius 2 is 0.700 bits per heavy atom. The molecule has 2 aliphatic heterocycles. The average Bonchev–Trinajstić information content (AvgIpc) is 3.37. The molecule has 0 radical (unpaired) electrons. The van der Waals surface area contributed by atoms with E-state index in [4.69, 9.17) is 37.3 Å². The van der Waals surface area contributed by atoms with Crippen molar-refractivity contribution in [1.29, 1.82) is 0 Å². The highest BCUT2D eigenvalue weighted by Gasteiger charge is 2.52. The maximum atomic E-state index is 7.45. The van der Waals surface area contributed by atoms with Gasteiger partial charge in [0.2, 0.25) is 0 Å². The zero-order valence-electron chi connectivity index (χ0n) is 42.0. The van der Waals surface area contributed by atoms with Crippen molar-refractivity contribution >= 4 is 37.4 Å². The van der Waals surface area contributed by atoms with Gasteiger partial charge in [-0.3, -0.25) is 0 Å². The number of rotatable bonds is 19. The van der Waals surface area contributed by atoms with E-state index in [0.29, 0.717) is 24.7 Å². The van der Waals surface area contributed by atoms with Gasteiger partial charge in [-0.05, 0) is 81.1 Å². The van der Waals surface area contributed by atoms with E-state index in [0.717, 1.165) is 11.1 Å². The SMILES string of the molecule is CCO[C@@H]1C=C[C@H](Oc2ccccc2-c2ccccc2O[C@H]2C=C[C@@H](OCC)O[C@@H]2CO[Si](c2ccccc2)(c2ccccc2)C(C)(C)C)[C@@H](CO[Si](c2ccccc2)(c2ccccc2)C(C)(C)C)O1. The first-order valence-electron chi connectivity index (χ1n) is 24.8. The summed E-state index contributed by atoms with van der Waals surface area (Å²) in [5.74, 6) is 1.36. The van der Waals surface area contributed by atoms with Crippen molar-refractivity contribution in [3.8, 4) is 22.6 Å². The Balaban J connectivity index is 1.10. The Kier molecular flexibility index (Phi) is 16.6. The van der Waals surface area contributed by atoms with Gasteiger partial charge in [-0.2, -0.15) is 0 Å². The second-order valence-corrected chi connectivity index (χ2v) is 28.5. The zero-order chi connectivity index (χ0) is 49.2. The molecule has 0 saturated heterocycles. The summed E-state index contributed by atoms with van der Waals surface area (Å²) in [5, 5.41) is 4.35. The molecule has 6 aromatic carbocycles. The van der Waals surface area contributed by atoms with Gasteiger partial charge in [-0.15, -0.1) is 0 Å². The summed E-state index contributed by atoms with van der Waals surface area (Å²) in [6, 6.07) is 58.9. The minimum atomic E-state index is -2.91. The molecule has 6 aromatic rings. The van der Waals surface area contributed by atoms with Gasteiger partial charge in [-0.1, -0.05) is 199 Å². The third kappa shape index (κ3) is 11.1. The van der Waals surface area contributed by atoms with E-state index in [-0.39, 0.29) is 23.3 Å². The first kappa shape index (κ1) is 51.0. The monoisotopic (exact) mass is 974 g/mol. The first-order chi connectivity index (χ1) is 33.9. The molecule has 70 heavy (non-hydrogen) atoms. The smallest absolute Gasteiger partial charge is 0.261 e. The van der Waals surface area contributed by atoms with Gasteiger partial charge in [-0.25, -0.2) is 0 Å². The van der Waals surface area contributed by atoms with Crippen LogP contribution in [0.4, 0.5) is 0 Å². The largest absolute Gasteiger partial charge is 0.483 e.